The van der Waals surface area contributed by atoms with Crippen LogP contribution in [0.25, 0.3) is 0 Å². The Balaban J connectivity index is 1.40. The summed E-state index contributed by atoms with van der Waals surface area (Å²) in [6.07, 6.45) is 1.87. The zero-order valence-corrected chi connectivity index (χ0v) is 16.4. The van der Waals surface area contributed by atoms with Gasteiger partial charge in [0, 0.05) is 12.6 Å². The van der Waals surface area contributed by atoms with Crippen molar-refractivity contribution in [3.05, 3.63) is 52.2 Å². The summed E-state index contributed by atoms with van der Waals surface area (Å²) in [7, 11) is 0. The maximum atomic E-state index is 12.2. The molecule has 3 N–H and O–H groups in total. The highest BCUT2D eigenvalue weighted by Crippen LogP contribution is 2.21. The molecule has 0 radical (unpaired) electrons. The van der Waals surface area contributed by atoms with Gasteiger partial charge in [-0.15, -0.1) is 11.3 Å². The summed E-state index contributed by atoms with van der Waals surface area (Å²) in [4.78, 5) is 48.4. The van der Waals surface area contributed by atoms with E-state index in [0.29, 0.717) is 16.1 Å². The summed E-state index contributed by atoms with van der Waals surface area (Å²) in [5.41, 5.74) is 0.713. The van der Waals surface area contributed by atoms with E-state index in [-0.39, 0.29) is 30.8 Å². The highest BCUT2D eigenvalue weighted by Gasteiger charge is 2.25. The lowest BCUT2D eigenvalue weighted by molar-refractivity contribution is -0.147. The molecule has 0 saturated heterocycles. The molecule has 8 nitrogen and oxygen atoms in total. The monoisotopic (exact) mass is 415 g/mol. The van der Waals surface area contributed by atoms with Gasteiger partial charge in [0.15, 0.2) is 6.61 Å². The van der Waals surface area contributed by atoms with Crippen LogP contribution in [0.1, 0.15) is 39.3 Å². The van der Waals surface area contributed by atoms with Gasteiger partial charge in [0.2, 0.25) is 0 Å². The van der Waals surface area contributed by atoms with Crippen LogP contribution >= 0.6 is 11.3 Å². The van der Waals surface area contributed by atoms with Crippen molar-refractivity contribution in [3.63, 3.8) is 0 Å². The lowest BCUT2D eigenvalue weighted by Crippen LogP contribution is -2.28. The van der Waals surface area contributed by atoms with Crippen LogP contribution in [0, 0.1) is 0 Å². The molecule has 9 heteroatoms. The Morgan fingerprint density at radius 1 is 1.03 bits per heavy atom. The summed E-state index contributed by atoms with van der Waals surface area (Å²) < 4.78 is 4.92. The van der Waals surface area contributed by atoms with Crippen LogP contribution in [-0.2, 0) is 14.3 Å². The van der Waals surface area contributed by atoms with Crippen LogP contribution in [0.5, 0.6) is 0 Å². The molecule has 1 aliphatic rings. The third kappa shape index (κ3) is 6.42. The second-order valence-corrected chi connectivity index (χ2v) is 7.43. The first-order valence-electron chi connectivity index (χ1n) is 9.20. The van der Waals surface area contributed by atoms with Crippen molar-refractivity contribution in [1.29, 1.82) is 0 Å². The number of hydrogen-bond acceptors (Lipinski definition) is 6. The van der Waals surface area contributed by atoms with Crippen molar-refractivity contribution in [2.24, 2.45) is 0 Å². The number of para-hydroxylation sites is 1. The number of anilines is 1. The standard InChI is InChI=1S/C20H21N3O5S/c24-17(12-28-18(25)9-10-21-20(27)16-6-3-11-29-16)23-15-5-2-1-4-14(15)19(26)22-13-7-8-13/h1-6,11,13H,7-10,12H2,(H,21,27)(H,22,26)(H,23,24). The lowest BCUT2D eigenvalue weighted by atomic mass is 10.1. The van der Waals surface area contributed by atoms with E-state index in [0.717, 1.165) is 12.8 Å². The second-order valence-electron chi connectivity index (χ2n) is 6.49. The van der Waals surface area contributed by atoms with Gasteiger partial charge in [-0.3, -0.25) is 19.2 Å². The molecular formula is C20H21N3O5S. The van der Waals surface area contributed by atoms with Crippen molar-refractivity contribution in [3.8, 4) is 0 Å². The number of rotatable bonds is 9. The molecule has 2 aromatic rings. The van der Waals surface area contributed by atoms with Crippen molar-refractivity contribution >= 4 is 40.7 Å². The minimum absolute atomic E-state index is 0.0508. The van der Waals surface area contributed by atoms with Crippen LogP contribution < -0.4 is 16.0 Å². The smallest absolute Gasteiger partial charge is 0.308 e. The quantitative estimate of drug-likeness (QED) is 0.542. The summed E-state index contributed by atoms with van der Waals surface area (Å²) in [6, 6.07) is 10.3. The highest BCUT2D eigenvalue weighted by molar-refractivity contribution is 7.12. The van der Waals surface area contributed by atoms with Gasteiger partial charge in [0.05, 0.1) is 22.5 Å². The van der Waals surface area contributed by atoms with Gasteiger partial charge in [0.1, 0.15) is 0 Å². The minimum Gasteiger partial charge on any atom is -0.456 e. The molecule has 1 aliphatic carbocycles. The van der Waals surface area contributed by atoms with E-state index in [2.05, 4.69) is 16.0 Å². The summed E-state index contributed by atoms with van der Waals surface area (Å²) >= 11 is 1.30. The van der Waals surface area contributed by atoms with Gasteiger partial charge in [-0.25, -0.2) is 0 Å². The Bertz CT molecular complexity index is 893. The zero-order chi connectivity index (χ0) is 20.6. The molecule has 29 heavy (non-hydrogen) atoms. The van der Waals surface area contributed by atoms with E-state index < -0.39 is 18.5 Å². The molecule has 0 aliphatic heterocycles. The number of amides is 3. The average Bonchev–Trinajstić information content (AvgIpc) is 3.34. The molecule has 0 unspecified atom stereocenters. The first-order chi connectivity index (χ1) is 14.0. The number of benzene rings is 1. The molecule has 152 valence electrons. The minimum atomic E-state index is -0.605. The molecule has 1 heterocycles. The predicted molar refractivity (Wildman–Crippen MR) is 108 cm³/mol. The average molecular weight is 415 g/mol. The Morgan fingerprint density at radius 3 is 2.55 bits per heavy atom. The van der Waals surface area contributed by atoms with Gasteiger partial charge in [-0.1, -0.05) is 18.2 Å². The lowest BCUT2D eigenvalue weighted by Gasteiger charge is -2.11. The Labute approximate surface area is 171 Å². The number of carbonyl (C=O) groups excluding carboxylic acids is 4. The first-order valence-corrected chi connectivity index (χ1v) is 10.1. The van der Waals surface area contributed by atoms with Crippen LogP contribution in [0.3, 0.4) is 0 Å². The number of carbonyl (C=O) groups is 4. The van der Waals surface area contributed by atoms with E-state index >= 15 is 0 Å². The van der Waals surface area contributed by atoms with E-state index in [9.17, 15) is 19.2 Å². The van der Waals surface area contributed by atoms with E-state index in [1.165, 1.54) is 11.3 Å². The summed E-state index contributed by atoms with van der Waals surface area (Å²) in [5, 5.41) is 9.85. The van der Waals surface area contributed by atoms with Crippen molar-refractivity contribution in [1.82, 2.24) is 10.6 Å². The number of thiophene rings is 1. The third-order valence-electron chi connectivity index (χ3n) is 4.08. The fourth-order valence-corrected chi connectivity index (χ4v) is 3.10. The molecule has 0 bridgehead atoms. The van der Waals surface area contributed by atoms with E-state index in [1.807, 2.05) is 0 Å². The highest BCUT2D eigenvalue weighted by atomic mass is 32.1. The SMILES string of the molecule is O=C(COC(=O)CCNC(=O)c1cccs1)Nc1ccccc1C(=O)NC1CC1. The fraction of sp³-hybridized carbons (Fsp3) is 0.300. The normalized spacial score (nSPS) is 12.7. The molecule has 1 saturated carbocycles. The Hall–Kier alpha value is -3.20. The van der Waals surface area contributed by atoms with Crippen molar-refractivity contribution in [2.45, 2.75) is 25.3 Å². The molecule has 0 atom stereocenters. The van der Waals surface area contributed by atoms with Crippen LogP contribution in [0.15, 0.2) is 41.8 Å². The molecule has 3 amide bonds. The molecular weight excluding hydrogens is 394 g/mol. The van der Waals surface area contributed by atoms with Gasteiger partial charge in [0.25, 0.3) is 17.7 Å². The van der Waals surface area contributed by atoms with Gasteiger partial charge < -0.3 is 20.7 Å². The first kappa shape index (κ1) is 20.5. The van der Waals surface area contributed by atoms with Crippen molar-refractivity contribution in [2.75, 3.05) is 18.5 Å². The maximum Gasteiger partial charge on any atom is 0.308 e. The van der Waals surface area contributed by atoms with Crippen LogP contribution in [0.2, 0.25) is 0 Å². The number of ether oxygens (including phenoxy) is 1. The maximum absolute atomic E-state index is 12.2. The van der Waals surface area contributed by atoms with E-state index in [4.69, 9.17) is 4.74 Å². The molecule has 1 aromatic carbocycles. The van der Waals surface area contributed by atoms with Crippen molar-refractivity contribution < 1.29 is 23.9 Å². The summed E-state index contributed by atoms with van der Waals surface area (Å²) in [6.45, 7) is -0.363. The fourth-order valence-electron chi connectivity index (χ4n) is 2.46. The van der Waals surface area contributed by atoms with Gasteiger partial charge >= 0.3 is 5.97 Å². The van der Waals surface area contributed by atoms with Gasteiger partial charge in [-0.05, 0) is 36.4 Å². The molecule has 3 rings (SSSR count). The largest absolute Gasteiger partial charge is 0.456 e. The predicted octanol–water partition coefficient (Wildman–Crippen LogP) is 1.94. The summed E-state index contributed by atoms with van der Waals surface area (Å²) in [5.74, 6) is -1.66. The second kappa shape index (κ2) is 9.83. The number of hydrogen-bond donors (Lipinski definition) is 3. The Morgan fingerprint density at radius 2 is 1.83 bits per heavy atom. The van der Waals surface area contributed by atoms with E-state index in [1.54, 1.807) is 41.8 Å². The molecule has 0 spiro atoms. The molecule has 1 aromatic heterocycles. The number of nitrogens with one attached hydrogen (secondary N) is 3. The topological polar surface area (TPSA) is 114 Å². The Kier molecular flexibility index (Phi) is 6.96. The third-order valence-corrected chi connectivity index (χ3v) is 4.95. The molecule has 1 fully saturated rings. The van der Waals surface area contributed by atoms with Gasteiger partial charge in [-0.2, -0.15) is 0 Å². The zero-order valence-electron chi connectivity index (χ0n) is 15.6. The number of esters is 1. The van der Waals surface area contributed by atoms with Crippen LogP contribution in [0.4, 0.5) is 5.69 Å². The van der Waals surface area contributed by atoms with Crippen LogP contribution in [-0.4, -0.2) is 42.9 Å².